The number of carbonyl (C=O) groups is 2. The number of amides is 2. The maximum Gasteiger partial charge on any atom is 0.251 e. The summed E-state index contributed by atoms with van der Waals surface area (Å²) in [5.41, 5.74) is 2.51. The molecular formula is C31H31Cl2N5O3S. The van der Waals surface area contributed by atoms with Gasteiger partial charge in [0.05, 0.1) is 35.1 Å². The molecule has 2 amide bonds. The molecular weight excluding hydrogens is 593 g/mol. The van der Waals surface area contributed by atoms with E-state index >= 15 is 0 Å². The number of ether oxygens (including phenoxy) is 1. The van der Waals surface area contributed by atoms with Crippen LogP contribution in [0.2, 0.25) is 10.0 Å². The first-order valence-electron chi connectivity index (χ1n) is 13.7. The second-order valence-electron chi connectivity index (χ2n) is 10.0. The van der Waals surface area contributed by atoms with Crippen molar-refractivity contribution in [2.45, 2.75) is 31.0 Å². The fraction of sp³-hybridized carbons (Fsp3) is 0.290. The van der Waals surface area contributed by atoms with Gasteiger partial charge in [0.2, 0.25) is 5.91 Å². The Morgan fingerprint density at radius 3 is 2.40 bits per heavy atom. The van der Waals surface area contributed by atoms with E-state index in [9.17, 15) is 9.59 Å². The van der Waals surface area contributed by atoms with E-state index in [2.05, 4.69) is 39.8 Å². The molecule has 0 aliphatic carbocycles. The Morgan fingerprint density at radius 2 is 1.71 bits per heavy atom. The number of thioether (sulfide) groups is 1. The third kappa shape index (κ3) is 7.45. The molecule has 2 heterocycles. The van der Waals surface area contributed by atoms with Crippen LogP contribution in [-0.2, 0) is 17.8 Å². The second kappa shape index (κ2) is 14.1. The fourth-order valence-electron chi connectivity index (χ4n) is 4.95. The monoisotopic (exact) mass is 623 g/mol. The van der Waals surface area contributed by atoms with E-state index in [1.807, 2.05) is 11.0 Å². The molecule has 3 aromatic carbocycles. The van der Waals surface area contributed by atoms with E-state index in [-0.39, 0.29) is 24.1 Å². The number of hydrogen-bond donors (Lipinski definition) is 1. The number of carbonyl (C=O) groups excluding carboxylic acids is 2. The summed E-state index contributed by atoms with van der Waals surface area (Å²) in [6, 6.07) is 22.5. The molecule has 1 aliphatic heterocycles. The number of hydrogen-bond acceptors (Lipinski definition) is 6. The van der Waals surface area contributed by atoms with Crippen LogP contribution < -0.4 is 10.1 Å². The summed E-state index contributed by atoms with van der Waals surface area (Å²) >= 11 is 13.8. The summed E-state index contributed by atoms with van der Waals surface area (Å²) in [5.74, 6) is 1.77. The lowest BCUT2D eigenvalue weighted by Gasteiger charge is -2.32. The molecule has 0 bridgehead atoms. The highest BCUT2D eigenvalue weighted by atomic mass is 35.5. The average Bonchev–Trinajstić information content (AvgIpc) is 3.43. The van der Waals surface area contributed by atoms with Gasteiger partial charge in [-0.25, -0.2) is 0 Å². The van der Waals surface area contributed by atoms with E-state index in [0.29, 0.717) is 43.9 Å². The van der Waals surface area contributed by atoms with Crippen LogP contribution in [0.1, 0.15) is 34.6 Å². The number of aromatic nitrogens is 3. The van der Waals surface area contributed by atoms with Crippen molar-refractivity contribution < 1.29 is 14.3 Å². The summed E-state index contributed by atoms with van der Waals surface area (Å²) in [4.78, 5) is 27.9. The van der Waals surface area contributed by atoms with Gasteiger partial charge in [0.25, 0.3) is 5.91 Å². The largest absolute Gasteiger partial charge is 0.497 e. The van der Waals surface area contributed by atoms with Gasteiger partial charge in [0, 0.05) is 18.7 Å². The summed E-state index contributed by atoms with van der Waals surface area (Å²) in [6.07, 6.45) is 3.02. The van der Waals surface area contributed by atoms with Gasteiger partial charge in [-0.15, -0.1) is 10.2 Å². The lowest BCUT2D eigenvalue weighted by Crippen LogP contribution is -2.39. The van der Waals surface area contributed by atoms with Gasteiger partial charge in [-0.1, -0.05) is 65.3 Å². The number of piperidine rings is 1. The number of methoxy groups -OCH3 is 1. The van der Waals surface area contributed by atoms with Crippen LogP contribution in [0.15, 0.2) is 78.0 Å². The highest BCUT2D eigenvalue weighted by molar-refractivity contribution is 7.99. The van der Waals surface area contributed by atoms with Crippen molar-refractivity contribution in [3.63, 3.8) is 0 Å². The minimum Gasteiger partial charge on any atom is -0.497 e. The van der Waals surface area contributed by atoms with Crippen molar-refractivity contribution >= 4 is 46.8 Å². The van der Waals surface area contributed by atoms with Crippen LogP contribution >= 0.6 is 35.0 Å². The van der Waals surface area contributed by atoms with Gasteiger partial charge in [-0.3, -0.25) is 14.2 Å². The lowest BCUT2D eigenvalue weighted by atomic mass is 9.90. The first kappa shape index (κ1) is 29.9. The predicted octanol–water partition coefficient (Wildman–Crippen LogP) is 6.09. The molecule has 5 rings (SSSR count). The van der Waals surface area contributed by atoms with Gasteiger partial charge in [0.15, 0.2) is 11.0 Å². The van der Waals surface area contributed by atoms with Gasteiger partial charge < -0.3 is 15.0 Å². The molecule has 0 atom stereocenters. The predicted molar refractivity (Wildman–Crippen MR) is 166 cm³/mol. The van der Waals surface area contributed by atoms with Gasteiger partial charge in [-0.05, 0) is 73.2 Å². The van der Waals surface area contributed by atoms with Crippen molar-refractivity contribution in [1.29, 1.82) is 0 Å². The van der Waals surface area contributed by atoms with Gasteiger partial charge in [-0.2, -0.15) is 0 Å². The number of rotatable bonds is 10. The SMILES string of the molecule is COc1ccc(C(=O)NCc2nnc(SCC(=O)N3CCC(Cc4ccccc4)CC3)n2-c2ccc(Cl)c(Cl)c2)cc1. The summed E-state index contributed by atoms with van der Waals surface area (Å²) < 4.78 is 6.96. The third-order valence-electron chi connectivity index (χ3n) is 7.28. The number of benzene rings is 3. The molecule has 8 nitrogen and oxygen atoms in total. The third-order valence-corrected chi connectivity index (χ3v) is 8.93. The van der Waals surface area contributed by atoms with Crippen LogP contribution in [0.3, 0.4) is 0 Å². The van der Waals surface area contributed by atoms with E-state index < -0.39 is 0 Å². The van der Waals surface area contributed by atoms with Crippen LogP contribution in [0.5, 0.6) is 5.75 Å². The Kier molecular flexibility index (Phi) is 10.0. The molecule has 1 saturated heterocycles. The Morgan fingerprint density at radius 1 is 0.976 bits per heavy atom. The van der Waals surface area contributed by atoms with Crippen LogP contribution in [-0.4, -0.2) is 57.4 Å². The van der Waals surface area contributed by atoms with E-state index in [0.717, 1.165) is 32.4 Å². The zero-order valence-electron chi connectivity index (χ0n) is 23.1. The maximum atomic E-state index is 13.2. The highest BCUT2D eigenvalue weighted by Gasteiger charge is 2.24. The Hall–Kier alpha value is -3.53. The number of halogens is 2. The first-order chi connectivity index (χ1) is 20.4. The maximum absolute atomic E-state index is 13.2. The zero-order valence-corrected chi connectivity index (χ0v) is 25.5. The molecule has 1 N–H and O–H groups in total. The average molecular weight is 625 g/mol. The molecule has 11 heteroatoms. The molecule has 0 unspecified atom stereocenters. The van der Waals surface area contributed by atoms with Gasteiger partial charge in [0.1, 0.15) is 5.75 Å². The Balaban J connectivity index is 1.24. The van der Waals surface area contributed by atoms with Crippen molar-refractivity contribution in [3.05, 3.63) is 99.8 Å². The van der Waals surface area contributed by atoms with Crippen LogP contribution in [0.4, 0.5) is 0 Å². The molecule has 0 radical (unpaired) electrons. The van der Waals surface area contributed by atoms with Gasteiger partial charge >= 0.3 is 0 Å². The molecule has 1 fully saturated rings. The lowest BCUT2D eigenvalue weighted by molar-refractivity contribution is -0.129. The molecule has 0 saturated carbocycles. The minimum absolute atomic E-state index is 0.0659. The summed E-state index contributed by atoms with van der Waals surface area (Å²) in [5, 5.41) is 12.9. The summed E-state index contributed by atoms with van der Waals surface area (Å²) in [7, 11) is 1.57. The minimum atomic E-state index is -0.263. The number of likely N-dealkylation sites (tertiary alicyclic amines) is 1. The van der Waals surface area contributed by atoms with Crippen molar-refractivity contribution in [1.82, 2.24) is 25.0 Å². The normalized spacial score (nSPS) is 13.6. The topological polar surface area (TPSA) is 89.3 Å². The molecule has 1 aliphatic rings. The molecule has 1 aromatic heterocycles. The van der Waals surface area contributed by atoms with E-state index in [1.54, 1.807) is 54.1 Å². The standard InChI is InChI=1S/C31H31Cl2N5O3S/c1-41-25-10-7-23(8-11-25)30(40)34-19-28-35-36-31(38(28)24-9-12-26(32)27(33)18-24)42-20-29(39)37-15-13-22(14-16-37)17-21-5-3-2-4-6-21/h2-12,18,22H,13-17,19-20H2,1H3,(H,34,40). The van der Waals surface area contributed by atoms with Crippen LogP contribution in [0.25, 0.3) is 5.69 Å². The van der Waals surface area contributed by atoms with E-state index in [1.165, 1.54) is 17.3 Å². The molecule has 4 aromatic rings. The molecule has 0 spiro atoms. The quantitative estimate of drug-likeness (QED) is 0.215. The number of nitrogens with zero attached hydrogens (tertiary/aromatic N) is 4. The van der Waals surface area contributed by atoms with E-state index in [4.69, 9.17) is 27.9 Å². The van der Waals surface area contributed by atoms with Crippen molar-refractivity contribution in [2.75, 3.05) is 26.0 Å². The number of nitrogens with one attached hydrogen (secondary N) is 1. The molecule has 42 heavy (non-hydrogen) atoms. The second-order valence-corrected chi connectivity index (χ2v) is 11.8. The first-order valence-corrected chi connectivity index (χ1v) is 15.4. The van der Waals surface area contributed by atoms with Crippen molar-refractivity contribution in [2.24, 2.45) is 5.92 Å². The Labute approximate surface area is 259 Å². The Bertz CT molecular complexity index is 1520. The zero-order chi connectivity index (χ0) is 29.5. The highest BCUT2D eigenvalue weighted by Crippen LogP contribution is 2.29. The fourth-order valence-corrected chi connectivity index (χ4v) is 6.11. The smallest absolute Gasteiger partial charge is 0.251 e. The molecule has 218 valence electrons. The van der Waals surface area contributed by atoms with Crippen LogP contribution in [0, 0.1) is 5.92 Å². The summed E-state index contributed by atoms with van der Waals surface area (Å²) in [6.45, 7) is 1.61. The van der Waals surface area contributed by atoms with Crippen molar-refractivity contribution in [3.8, 4) is 11.4 Å².